The Labute approximate surface area is 169 Å². The first-order valence-corrected chi connectivity index (χ1v) is 9.59. The number of hydrogen-bond donors (Lipinski definition) is 1. The smallest absolute Gasteiger partial charge is 0.272 e. The number of amides is 1. The van der Waals surface area contributed by atoms with Crippen LogP contribution in [0.2, 0.25) is 0 Å². The molecular weight excluding hydrogens is 362 g/mol. The number of nitrogens with one attached hydrogen (secondary N) is 1. The van der Waals surface area contributed by atoms with Gasteiger partial charge in [-0.2, -0.15) is 5.10 Å². The molecule has 5 heteroatoms. The van der Waals surface area contributed by atoms with Crippen LogP contribution in [0.15, 0.2) is 82.7 Å². The third-order valence-electron chi connectivity index (χ3n) is 4.67. The first-order valence-electron chi connectivity index (χ1n) is 9.59. The van der Waals surface area contributed by atoms with Crippen molar-refractivity contribution in [2.24, 2.45) is 5.10 Å². The van der Waals surface area contributed by atoms with Gasteiger partial charge in [-0.15, -0.1) is 0 Å². The highest BCUT2D eigenvalue weighted by atomic mass is 16.3. The number of pyridine rings is 1. The predicted molar refractivity (Wildman–Crippen MR) is 115 cm³/mol. The molecule has 0 aliphatic carbocycles. The molecule has 0 radical (unpaired) electrons. The normalized spacial score (nSPS) is 11.2. The topological polar surface area (TPSA) is 67.5 Å². The fourth-order valence-electron chi connectivity index (χ4n) is 3.22. The lowest BCUT2D eigenvalue weighted by molar-refractivity contribution is 0.0956. The summed E-state index contributed by atoms with van der Waals surface area (Å²) in [6, 6.07) is 19.5. The number of furan rings is 1. The van der Waals surface area contributed by atoms with Gasteiger partial charge in [-0.05, 0) is 30.2 Å². The number of nitrogens with zero attached hydrogens (tertiary/aromatic N) is 2. The molecule has 0 saturated carbocycles. The van der Waals surface area contributed by atoms with Gasteiger partial charge in [0.15, 0.2) is 0 Å². The van der Waals surface area contributed by atoms with Crippen molar-refractivity contribution in [2.75, 3.05) is 0 Å². The maximum atomic E-state index is 12.8. The molecule has 2 heterocycles. The Morgan fingerprint density at radius 1 is 1.14 bits per heavy atom. The molecule has 0 unspecified atom stereocenters. The van der Waals surface area contributed by atoms with E-state index in [0.717, 1.165) is 40.6 Å². The number of para-hydroxylation sites is 1. The van der Waals surface area contributed by atoms with Gasteiger partial charge < -0.3 is 4.42 Å². The maximum Gasteiger partial charge on any atom is 0.272 e. The second kappa shape index (κ2) is 8.52. The van der Waals surface area contributed by atoms with Crippen molar-refractivity contribution in [2.45, 2.75) is 19.8 Å². The van der Waals surface area contributed by atoms with Crippen molar-refractivity contribution in [3.8, 4) is 11.3 Å². The van der Waals surface area contributed by atoms with Crippen LogP contribution in [-0.4, -0.2) is 17.1 Å². The van der Waals surface area contributed by atoms with Crippen molar-refractivity contribution >= 4 is 23.0 Å². The highest BCUT2D eigenvalue weighted by molar-refractivity contribution is 6.07. The second-order valence-electron chi connectivity index (χ2n) is 6.77. The van der Waals surface area contributed by atoms with Crippen molar-refractivity contribution in [1.82, 2.24) is 10.4 Å². The summed E-state index contributed by atoms with van der Waals surface area (Å²) in [4.78, 5) is 17.6. The van der Waals surface area contributed by atoms with E-state index >= 15 is 0 Å². The zero-order valence-corrected chi connectivity index (χ0v) is 16.1. The van der Waals surface area contributed by atoms with Gasteiger partial charge in [0.2, 0.25) is 0 Å². The van der Waals surface area contributed by atoms with Gasteiger partial charge in [-0.3, -0.25) is 4.79 Å². The number of hydrazone groups is 1. The van der Waals surface area contributed by atoms with E-state index in [1.165, 1.54) is 11.8 Å². The lowest BCUT2D eigenvalue weighted by Crippen LogP contribution is -2.18. The van der Waals surface area contributed by atoms with Crippen molar-refractivity contribution in [3.05, 3.63) is 89.9 Å². The quantitative estimate of drug-likeness (QED) is 0.367. The van der Waals surface area contributed by atoms with E-state index in [2.05, 4.69) is 41.7 Å². The van der Waals surface area contributed by atoms with E-state index in [4.69, 9.17) is 9.40 Å². The molecule has 0 aliphatic rings. The molecule has 1 amide bonds. The summed E-state index contributed by atoms with van der Waals surface area (Å²) in [6.07, 6.45) is 6.80. The number of rotatable bonds is 6. The highest BCUT2D eigenvalue weighted by Gasteiger charge is 2.13. The van der Waals surface area contributed by atoms with Crippen LogP contribution in [0.25, 0.3) is 22.2 Å². The fourth-order valence-corrected chi connectivity index (χ4v) is 3.22. The Balaban J connectivity index is 1.67. The summed E-state index contributed by atoms with van der Waals surface area (Å²) in [7, 11) is 0. The van der Waals surface area contributed by atoms with Crippen molar-refractivity contribution in [1.29, 1.82) is 0 Å². The standard InChI is InChI=1S/C24H21N3O2/c1-2-5-17-8-10-19(11-9-17)23-14-21(20-6-3-4-7-22(20)26-23)24(28)27-25-15-18-12-13-29-16-18/h3-4,6-16H,2,5H2,1H3,(H,27,28)/b25-15-. The number of aromatic nitrogens is 1. The molecule has 0 fully saturated rings. The minimum absolute atomic E-state index is 0.285. The lowest BCUT2D eigenvalue weighted by atomic mass is 10.0. The van der Waals surface area contributed by atoms with Gasteiger partial charge >= 0.3 is 0 Å². The summed E-state index contributed by atoms with van der Waals surface area (Å²) in [6.45, 7) is 2.17. The van der Waals surface area contributed by atoms with Crippen LogP contribution < -0.4 is 5.43 Å². The molecule has 0 bridgehead atoms. The SMILES string of the molecule is CCCc1ccc(-c2cc(C(=O)N/N=C\c3ccoc3)c3ccccc3n2)cc1. The van der Waals surface area contributed by atoms with E-state index in [1.807, 2.05) is 30.3 Å². The summed E-state index contributed by atoms with van der Waals surface area (Å²) < 4.78 is 4.99. The lowest BCUT2D eigenvalue weighted by Gasteiger charge is -2.09. The molecule has 5 nitrogen and oxygen atoms in total. The Kier molecular flexibility index (Phi) is 5.47. The summed E-state index contributed by atoms with van der Waals surface area (Å²) >= 11 is 0. The third-order valence-corrected chi connectivity index (χ3v) is 4.67. The zero-order chi connectivity index (χ0) is 20.1. The number of carbonyl (C=O) groups excluding carboxylic acids is 1. The maximum absolute atomic E-state index is 12.8. The predicted octanol–water partition coefficient (Wildman–Crippen LogP) is 5.21. The Morgan fingerprint density at radius 2 is 1.97 bits per heavy atom. The minimum atomic E-state index is -0.285. The van der Waals surface area contributed by atoms with E-state index in [-0.39, 0.29) is 5.91 Å². The van der Waals surface area contributed by atoms with Gasteiger partial charge in [0, 0.05) is 16.5 Å². The van der Waals surface area contributed by atoms with Gasteiger partial charge in [0.25, 0.3) is 5.91 Å². The molecule has 0 spiro atoms. The van der Waals surface area contributed by atoms with Crippen LogP contribution in [0.3, 0.4) is 0 Å². The van der Waals surface area contributed by atoms with E-state index < -0.39 is 0 Å². The van der Waals surface area contributed by atoms with Crippen LogP contribution in [0.4, 0.5) is 0 Å². The molecule has 144 valence electrons. The van der Waals surface area contributed by atoms with Gasteiger partial charge in [0.05, 0.1) is 35.5 Å². The molecule has 0 atom stereocenters. The third kappa shape index (κ3) is 4.24. The van der Waals surface area contributed by atoms with E-state index in [0.29, 0.717) is 5.56 Å². The van der Waals surface area contributed by atoms with Gasteiger partial charge in [-0.25, -0.2) is 10.4 Å². The fraction of sp³-hybridized carbons (Fsp3) is 0.125. The number of carbonyl (C=O) groups is 1. The Bertz CT molecular complexity index is 1150. The molecule has 0 saturated heterocycles. The molecule has 29 heavy (non-hydrogen) atoms. The highest BCUT2D eigenvalue weighted by Crippen LogP contribution is 2.25. The molecule has 4 aromatic rings. The van der Waals surface area contributed by atoms with Crippen molar-refractivity contribution in [3.63, 3.8) is 0 Å². The summed E-state index contributed by atoms with van der Waals surface area (Å²) in [5, 5.41) is 4.81. The molecule has 1 N–H and O–H groups in total. The molecule has 4 rings (SSSR count). The summed E-state index contributed by atoms with van der Waals surface area (Å²) in [5.41, 5.74) is 7.71. The van der Waals surface area contributed by atoms with Crippen molar-refractivity contribution < 1.29 is 9.21 Å². The largest absolute Gasteiger partial charge is 0.472 e. The number of benzene rings is 2. The molecule has 0 aliphatic heterocycles. The summed E-state index contributed by atoms with van der Waals surface area (Å²) in [5.74, 6) is -0.285. The van der Waals surface area contributed by atoms with Gasteiger partial charge in [0.1, 0.15) is 0 Å². The van der Waals surface area contributed by atoms with Gasteiger partial charge in [-0.1, -0.05) is 55.8 Å². The average Bonchev–Trinajstić information content (AvgIpc) is 3.27. The number of aryl methyl sites for hydroxylation is 1. The van der Waals surface area contributed by atoms with E-state index in [1.54, 1.807) is 18.6 Å². The van der Waals surface area contributed by atoms with Crippen LogP contribution in [0.5, 0.6) is 0 Å². The Hall–Kier alpha value is -3.73. The zero-order valence-electron chi connectivity index (χ0n) is 16.1. The molecule has 2 aromatic heterocycles. The average molecular weight is 383 g/mol. The van der Waals surface area contributed by atoms with E-state index in [9.17, 15) is 4.79 Å². The number of fused-ring (bicyclic) bond motifs is 1. The Morgan fingerprint density at radius 3 is 2.72 bits per heavy atom. The van der Waals surface area contributed by atoms with Crippen LogP contribution in [0.1, 0.15) is 34.8 Å². The molecular formula is C24H21N3O2. The monoisotopic (exact) mass is 383 g/mol. The molecule has 2 aromatic carbocycles. The second-order valence-corrected chi connectivity index (χ2v) is 6.77. The van der Waals surface area contributed by atoms with Crippen LogP contribution in [0, 0.1) is 0 Å². The first kappa shape index (κ1) is 18.6. The van der Waals surface area contributed by atoms with Crippen LogP contribution in [-0.2, 0) is 6.42 Å². The minimum Gasteiger partial charge on any atom is -0.472 e. The first-order chi connectivity index (χ1) is 14.2. The van der Waals surface area contributed by atoms with Crippen LogP contribution >= 0.6 is 0 Å². The number of hydrogen-bond acceptors (Lipinski definition) is 4.